The normalized spacial score (nSPS) is 18.7. The Balaban J connectivity index is 2.09. The molecule has 2 aliphatic heterocycles. The average Bonchev–Trinajstić information content (AvgIpc) is 2.56. The van der Waals surface area contributed by atoms with Crippen LogP contribution in [0.2, 0.25) is 0 Å². The standard InChI is InChI=1S/C19H21N3O2/c1-11-7-16(23)21(4)18-15(11)8-13-6-5-12(2)22-14(9-20-3)10-24-19(18)17(13)22/h5-8,14,20H,2,9-10H2,1,3-4H3. The van der Waals surface area contributed by atoms with Crippen LogP contribution >= 0.6 is 0 Å². The molecule has 1 unspecified atom stereocenters. The summed E-state index contributed by atoms with van der Waals surface area (Å²) in [4.78, 5) is 14.5. The predicted octanol–water partition coefficient (Wildman–Crippen LogP) is 2.17. The first-order valence-electron chi connectivity index (χ1n) is 8.14. The van der Waals surface area contributed by atoms with Crippen LogP contribution in [-0.2, 0) is 7.05 Å². The molecule has 4 rings (SSSR count). The van der Waals surface area contributed by atoms with E-state index in [9.17, 15) is 4.79 Å². The van der Waals surface area contributed by atoms with Crippen LogP contribution in [-0.4, -0.2) is 30.8 Å². The number of nitrogens with one attached hydrogen (secondary N) is 1. The van der Waals surface area contributed by atoms with Gasteiger partial charge in [0, 0.05) is 36.3 Å². The Labute approximate surface area is 140 Å². The number of fused-ring (bicyclic) bond motifs is 2. The third-order valence-corrected chi connectivity index (χ3v) is 4.92. The van der Waals surface area contributed by atoms with Gasteiger partial charge in [-0.1, -0.05) is 12.7 Å². The first kappa shape index (κ1) is 15.0. The number of benzene rings is 1. The van der Waals surface area contributed by atoms with E-state index in [0.29, 0.717) is 6.61 Å². The molecule has 0 saturated carbocycles. The van der Waals surface area contributed by atoms with Crippen molar-refractivity contribution < 1.29 is 4.74 Å². The number of pyridine rings is 1. The highest BCUT2D eigenvalue weighted by Crippen LogP contribution is 2.47. The zero-order chi connectivity index (χ0) is 17.0. The first-order valence-corrected chi connectivity index (χ1v) is 8.14. The molecule has 1 aromatic carbocycles. The third-order valence-electron chi connectivity index (χ3n) is 4.92. The molecule has 124 valence electrons. The summed E-state index contributed by atoms with van der Waals surface area (Å²) in [7, 11) is 3.74. The summed E-state index contributed by atoms with van der Waals surface area (Å²) in [6, 6.07) is 4.00. The maximum atomic E-state index is 12.3. The van der Waals surface area contributed by atoms with E-state index in [1.165, 1.54) is 0 Å². The molecule has 1 aromatic heterocycles. The average molecular weight is 323 g/mol. The third kappa shape index (κ3) is 1.94. The Morgan fingerprint density at radius 1 is 1.38 bits per heavy atom. The van der Waals surface area contributed by atoms with Crippen LogP contribution in [0.1, 0.15) is 11.1 Å². The van der Waals surface area contributed by atoms with E-state index in [4.69, 9.17) is 4.74 Å². The quantitative estimate of drug-likeness (QED) is 0.920. The van der Waals surface area contributed by atoms with Crippen molar-refractivity contribution in [2.24, 2.45) is 7.05 Å². The number of ether oxygens (including phenoxy) is 1. The topological polar surface area (TPSA) is 46.5 Å². The van der Waals surface area contributed by atoms with E-state index in [1.807, 2.05) is 20.0 Å². The van der Waals surface area contributed by atoms with Crippen molar-refractivity contribution in [3.8, 4) is 5.75 Å². The van der Waals surface area contributed by atoms with E-state index in [2.05, 4.69) is 28.9 Å². The van der Waals surface area contributed by atoms with E-state index < -0.39 is 0 Å². The second-order valence-corrected chi connectivity index (χ2v) is 6.48. The van der Waals surface area contributed by atoms with Crippen LogP contribution < -0.4 is 20.5 Å². The van der Waals surface area contributed by atoms with Gasteiger partial charge in [0.25, 0.3) is 5.56 Å². The predicted molar refractivity (Wildman–Crippen MR) is 97.8 cm³/mol. The highest BCUT2D eigenvalue weighted by atomic mass is 16.5. The second-order valence-electron chi connectivity index (χ2n) is 6.48. The lowest BCUT2D eigenvalue weighted by Gasteiger charge is -2.42. The molecule has 0 fully saturated rings. The summed E-state index contributed by atoms with van der Waals surface area (Å²) >= 11 is 0. The van der Waals surface area contributed by atoms with Crippen molar-refractivity contribution in [1.82, 2.24) is 9.88 Å². The molecule has 0 radical (unpaired) electrons. The van der Waals surface area contributed by atoms with Crippen LogP contribution in [0.4, 0.5) is 5.69 Å². The zero-order valence-electron chi connectivity index (χ0n) is 14.2. The number of hydrogen-bond acceptors (Lipinski definition) is 4. The number of hydrogen-bond donors (Lipinski definition) is 1. The smallest absolute Gasteiger partial charge is 0.251 e. The van der Waals surface area contributed by atoms with Crippen LogP contribution in [0.3, 0.4) is 0 Å². The molecule has 1 atom stereocenters. The van der Waals surface area contributed by atoms with E-state index in [-0.39, 0.29) is 11.6 Å². The molecule has 2 aromatic rings. The van der Waals surface area contributed by atoms with Crippen LogP contribution in [0, 0.1) is 6.92 Å². The van der Waals surface area contributed by atoms with Gasteiger partial charge in [-0.05, 0) is 31.7 Å². The summed E-state index contributed by atoms with van der Waals surface area (Å²) in [6.45, 7) is 7.53. The molecule has 0 amide bonds. The summed E-state index contributed by atoms with van der Waals surface area (Å²) in [5.41, 5.74) is 4.87. The molecule has 0 saturated heterocycles. The van der Waals surface area contributed by atoms with Crippen molar-refractivity contribution in [3.63, 3.8) is 0 Å². The maximum absolute atomic E-state index is 12.3. The number of rotatable bonds is 2. The van der Waals surface area contributed by atoms with Gasteiger partial charge in [0.15, 0.2) is 5.75 Å². The lowest BCUT2D eigenvalue weighted by atomic mass is 9.96. The van der Waals surface area contributed by atoms with Gasteiger partial charge >= 0.3 is 0 Å². The molecular formula is C19H21N3O2. The largest absolute Gasteiger partial charge is 0.487 e. The molecule has 24 heavy (non-hydrogen) atoms. The molecule has 0 spiro atoms. The van der Waals surface area contributed by atoms with Crippen molar-refractivity contribution in [2.45, 2.75) is 13.0 Å². The second kappa shape index (κ2) is 5.24. The molecule has 0 aliphatic carbocycles. The summed E-state index contributed by atoms with van der Waals surface area (Å²) in [6.07, 6.45) is 4.12. The molecule has 3 heterocycles. The Kier molecular flexibility index (Phi) is 3.28. The van der Waals surface area contributed by atoms with E-state index >= 15 is 0 Å². The van der Waals surface area contributed by atoms with Crippen molar-refractivity contribution in [2.75, 3.05) is 25.1 Å². The lowest BCUT2D eigenvalue weighted by molar-refractivity contribution is 0.268. The number of aromatic nitrogens is 1. The summed E-state index contributed by atoms with van der Waals surface area (Å²) in [5.74, 6) is 0.781. The van der Waals surface area contributed by atoms with Gasteiger partial charge in [0.05, 0.1) is 17.2 Å². The fourth-order valence-electron chi connectivity index (χ4n) is 3.74. The summed E-state index contributed by atoms with van der Waals surface area (Å²) < 4.78 is 7.85. The zero-order valence-corrected chi connectivity index (χ0v) is 14.2. The summed E-state index contributed by atoms with van der Waals surface area (Å²) in [5, 5.41) is 4.27. The fourth-order valence-corrected chi connectivity index (χ4v) is 3.74. The number of aryl methyl sites for hydroxylation is 2. The van der Waals surface area contributed by atoms with E-state index in [1.54, 1.807) is 17.7 Å². The van der Waals surface area contributed by atoms with Gasteiger partial charge < -0.3 is 19.5 Å². The molecule has 5 nitrogen and oxygen atoms in total. The van der Waals surface area contributed by atoms with Gasteiger partial charge in [-0.3, -0.25) is 4.79 Å². The number of likely N-dealkylation sites (N-methyl/N-ethyl adjacent to an activating group) is 1. The van der Waals surface area contributed by atoms with Crippen molar-refractivity contribution >= 4 is 22.7 Å². The number of anilines is 1. The molecular weight excluding hydrogens is 302 g/mol. The molecule has 1 N–H and O–H groups in total. The van der Waals surface area contributed by atoms with Crippen LogP contribution in [0.15, 0.2) is 35.3 Å². The minimum Gasteiger partial charge on any atom is -0.487 e. The van der Waals surface area contributed by atoms with E-state index in [0.717, 1.165) is 45.7 Å². The van der Waals surface area contributed by atoms with Crippen LogP contribution in [0.5, 0.6) is 5.75 Å². The molecule has 5 heteroatoms. The Morgan fingerprint density at radius 3 is 2.92 bits per heavy atom. The van der Waals surface area contributed by atoms with Gasteiger partial charge in [0.2, 0.25) is 0 Å². The highest BCUT2D eigenvalue weighted by molar-refractivity contribution is 5.99. The number of allylic oxidation sites excluding steroid dienone is 1. The SMILES string of the molecule is C=C1C=Cc2cc3c(C)cc(=O)n(C)c3c3c2N1C(CNC)CO3. The minimum atomic E-state index is -0.0196. The Bertz CT molecular complexity index is 955. The van der Waals surface area contributed by atoms with Crippen molar-refractivity contribution in [3.05, 3.63) is 52.0 Å². The molecule has 0 bridgehead atoms. The maximum Gasteiger partial charge on any atom is 0.251 e. The highest BCUT2D eigenvalue weighted by Gasteiger charge is 2.34. The van der Waals surface area contributed by atoms with Gasteiger partial charge in [-0.15, -0.1) is 0 Å². The van der Waals surface area contributed by atoms with Gasteiger partial charge in [-0.2, -0.15) is 0 Å². The monoisotopic (exact) mass is 323 g/mol. The Morgan fingerprint density at radius 2 is 2.17 bits per heavy atom. The van der Waals surface area contributed by atoms with Crippen LogP contribution in [0.25, 0.3) is 17.0 Å². The Hall–Kier alpha value is -2.53. The number of nitrogens with zero attached hydrogens (tertiary/aromatic N) is 2. The first-order chi connectivity index (χ1) is 11.5. The van der Waals surface area contributed by atoms with Gasteiger partial charge in [0.1, 0.15) is 6.61 Å². The molecule has 2 aliphatic rings. The van der Waals surface area contributed by atoms with Gasteiger partial charge in [-0.25, -0.2) is 0 Å². The van der Waals surface area contributed by atoms with Crippen molar-refractivity contribution in [1.29, 1.82) is 0 Å². The lowest BCUT2D eigenvalue weighted by Crippen LogP contribution is -2.48. The minimum absolute atomic E-state index is 0.0196. The fraction of sp³-hybridized carbons (Fsp3) is 0.316.